The van der Waals surface area contributed by atoms with Gasteiger partial charge in [0, 0.05) is 17.3 Å². The number of thiocarbonyl (C=S) groups is 1. The van der Waals surface area contributed by atoms with Gasteiger partial charge in [0.05, 0.1) is 19.0 Å². The molecule has 0 saturated carbocycles. The maximum atomic E-state index is 12.3. The Labute approximate surface area is 209 Å². The van der Waals surface area contributed by atoms with E-state index < -0.39 is 6.36 Å². The Balaban J connectivity index is 1.34. The number of anilines is 1. The molecule has 4 rings (SSSR count). The molecule has 36 heavy (non-hydrogen) atoms. The van der Waals surface area contributed by atoms with Gasteiger partial charge >= 0.3 is 6.36 Å². The Kier molecular flexibility index (Phi) is 7.44. The maximum Gasteiger partial charge on any atom is 0.573 e. The second-order valence-electron chi connectivity index (χ2n) is 7.23. The van der Waals surface area contributed by atoms with Gasteiger partial charge in [-0.05, 0) is 54.2 Å². The van der Waals surface area contributed by atoms with Crippen molar-refractivity contribution in [2.45, 2.75) is 6.36 Å². The highest BCUT2D eigenvalue weighted by Crippen LogP contribution is 2.24. The standard InChI is InChI=1S/C24H19F3N6O2S/c1-34-21-4-2-3-18(13-21)30-23(36)31-29-14-16-5-7-17(8-6-16)22-28-15-33(32-22)19-9-11-20(12-10-19)35-24(25,26)27/h2-15H,1H3,(H2,30,31,36)/b29-14+. The number of hydrogen-bond acceptors (Lipinski definition) is 6. The molecule has 184 valence electrons. The molecule has 0 unspecified atom stereocenters. The van der Waals surface area contributed by atoms with E-state index in [0.717, 1.165) is 16.8 Å². The van der Waals surface area contributed by atoms with Crippen LogP contribution < -0.4 is 20.2 Å². The average Bonchev–Trinajstić information content (AvgIpc) is 3.34. The molecule has 8 nitrogen and oxygen atoms in total. The lowest BCUT2D eigenvalue weighted by molar-refractivity contribution is -0.274. The number of rotatable bonds is 7. The quantitative estimate of drug-likeness (QED) is 0.201. The molecule has 0 amide bonds. The maximum absolute atomic E-state index is 12.3. The molecule has 1 aromatic heterocycles. The van der Waals surface area contributed by atoms with Gasteiger partial charge in [0.1, 0.15) is 17.8 Å². The van der Waals surface area contributed by atoms with Crippen molar-refractivity contribution in [1.82, 2.24) is 20.2 Å². The van der Waals surface area contributed by atoms with Gasteiger partial charge in [0.15, 0.2) is 10.9 Å². The normalized spacial score (nSPS) is 11.3. The van der Waals surface area contributed by atoms with Crippen LogP contribution in [0.5, 0.6) is 11.5 Å². The van der Waals surface area contributed by atoms with Gasteiger partial charge in [0.25, 0.3) is 0 Å². The smallest absolute Gasteiger partial charge is 0.497 e. The molecule has 1 heterocycles. The third-order valence-corrected chi connectivity index (χ3v) is 4.90. The first-order chi connectivity index (χ1) is 17.3. The van der Waals surface area contributed by atoms with Gasteiger partial charge in [-0.2, -0.15) is 5.10 Å². The molecular weight excluding hydrogens is 493 g/mol. The lowest BCUT2D eigenvalue weighted by atomic mass is 10.1. The summed E-state index contributed by atoms with van der Waals surface area (Å²) in [6, 6.07) is 20.0. The summed E-state index contributed by atoms with van der Waals surface area (Å²) in [6.07, 6.45) is -1.65. The Bertz CT molecular complexity index is 1360. The van der Waals surface area contributed by atoms with Crippen molar-refractivity contribution < 1.29 is 22.6 Å². The third-order valence-electron chi connectivity index (χ3n) is 4.70. The zero-order chi connectivity index (χ0) is 25.5. The minimum Gasteiger partial charge on any atom is -0.497 e. The number of nitrogens with zero attached hydrogens (tertiary/aromatic N) is 4. The summed E-state index contributed by atoms with van der Waals surface area (Å²) in [5.74, 6) is 0.852. The van der Waals surface area contributed by atoms with E-state index in [-0.39, 0.29) is 5.75 Å². The lowest BCUT2D eigenvalue weighted by Gasteiger charge is -2.09. The van der Waals surface area contributed by atoms with E-state index in [2.05, 4.69) is 30.7 Å². The van der Waals surface area contributed by atoms with Crippen molar-refractivity contribution in [3.05, 3.63) is 84.7 Å². The molecule has 0 aliphatic carbocycles. The van der Waals surface area contributed by atoms with Crippen LogP contribution in [0.4, 0.5) is 18.9 Å². The molecule has 4 aromatic rings. The minimum atomic E-state index is -4.74. The summed E-state index contributed by atoms with van der Waals surface area (Å²) < 4.78 is 47.5. The molecular formula is C24H19F3N6O2S. The second-order valence-corrected chi connectivity index (χ2v) is 7.64. The van der Waals surface area contributed by atoms with E-state index in [1.165, 1.54) is 35.3 Å². The monoisotopic (exact) mass is 512 g/mol. The van der Waals surface area contributed by atoms with Gasteiger partial charge in [-0.3, -0.25) is 5.43 Å². The molecule has 0 spiro atoms. The molecule has 0 atom stereocenters. The van der Waals surface area contributed by atoms with Crippen LogP contribution in [0.2, 0.25) is 0 Å². The van der Waals surface area contributed by atoms with Crippen molar-refractivity contribution >= 4 is 29.2 Å². The number of hydrogen-bond donors (Lipinski definition) is 2. The number of aromatic nitrogens is 3. The van der Waals surface area contributed by atoms with E-state index in [1.54, 1.807) is 13.3 Å². The van der Waals surface area contributed by atoms with Gasteiger partial charge < -0.3 is 14.8 Å². The van der Waals surface area contributed by atoms with Crippen molar-refractivity contribution in [1.29, 1.82) is 0 Å². The summed E-state index contributed by atoms with van der Waals surface area (Å²) in [4.78, 5) is 4.27. The zero-order valence-electron chi connectivity index (χ0n) is 18.7. The number of hydrazone groups is 1. The largest absolute Gasteiger partial charge is 0.573 e. The van der Waals surface area contributed by atoms with Crippen LogP contribution in [0, 0.1) is 0 Å². The van der Waals surface area contributed by atoms with Crippen LogP contribution >= 0.6 is 12.2 Å². The summed E-state index contributed by atoms with van der Waals surface area (Å²) in [7, 11) is 1.59. The molecule has 0 saturated heterocycles. The topological polar surface area (TPSA) is 85.6 Å². The first-order valence-electron chi connectivity index (χ1n) is 10.4. The second kappa shape index (κ2) is 10.9. The van der Waals surface area contributed by atoms with Crippen molar-refractivity contribution in [3.8, 4) is 28.6 Å². The van der Waals surface area contributed by atoms with Gasteiger partial charge in [0.2, 0.25) is 0 Å². The van der Waals surface area contributed by atoms with E-state index >= 15 is 0 Å². The molecule has 0 radical (unpaired) electrons. The van der Waals surface area contributed by atoms with Crippen molar-refractivity contribution in [2.75, 3.05) is 12.4 Å². The summed E-state index contributed by atoms with van der Waals surface area (Å²) >= 11 is 5.24. The Hall–Kier alpha value is -4.45. The first-order valence-corrected chi connectivity index (χ1v) is 10.8. The molecule has 2 N–H and O–H groups in total. The summed E-state index contributed by atoms with van der Waals surface area (Å²) in [6.45, 7) is 0. The van der Waals surface area contributed by atoms with E-state index in [9.17, 15) is 13.2 Å². The highest BCUT2D eigenvalue weighted by Gasteiger charge is 2.31. The van der Waals surface area contributed by atoms with Gasteiger partial charge in [-0.15, -0.1) is 18.3 Å². The van der Waals surface area contributed by atoms with Crippen molar-refractivity contribution in [3.63, 3.8) is 0 Å². The number of ether oxygens (including phenoxy) is 2. The summed E-state index contributed by atoms with van der Waals surface area (Å²) in [5, 5.41) is 11.9. The fraction of sp³-hybridized carbons (Fsp3) is 0.0833. The van der Waals surface area contributed by atoms with Crippen LogP contribution in [0.3, 0.4) is 0 Å². The van der Waals surface area contributed by atoms with Crippen LogP contribution in [0.1, 0.15) is 5.56 Å². The SMILES string of the molecule is COc1cccc(NC(=S)N/N=C/c2ccc(-c3ncn(-c4ccc(OC(F)(F)F)cc4)n3)cc2)c1. The molecule has 0 fully saturated rings. The van der Waals surface area contributed by atoms with Crippen LogP contribution in [0.15, 0.2) is 84.2 Å². The van der Waals surface area contributed by atoms with Crippen molar-refractivity contribution in [2.24, 2.45) is 5.10 Å². The highest BCUT2D eigenvalue weighted by atomic mass is 32.1. The number of alkyl halides is 3. The van der Waals surface area contributed by atoms with E-state index in [1.807, 2.05) is 48.5 Å². The number of nitrogens with one attached hydrogen (secondary N) is 2. The number of benzene rings is 3. The number of methoxy groups -OCH3 is 1. The predicted molar refractivity (Wildman–Crippen MR) is 133 cm³/mol. The van der Waals surface area contributed by atoms with Gasteiger partial charge in [-0.1, -0.05) is 30.3 Å². The van der Waals surface area contributed by atoms with Crippen LogP contribution in [-0.2, 0) is 0 Å². The lowest BCUT2D eigenvalue weighted by Crippen LogP contribution is -2.23. The van der Waals surface area contributed by atoms with E-state index in [0.29, 0.717) is 22.4 Å². The first kappa shape index (κ1) is 24.7. The molecule has 12 heteroatoms. The Morgan fingerprint density at radius 1 is 1.03 bits per heavy atom. The van der Waals surface area contributed by atoms with Gasteiger partial charge in [-0.25, -0.2) is 9.67 Å². The molecule has 0 bridgehead atoms. The fourth-order valence-electron chi connectivity index (χ4n) is 3.06. The minimum absolute atomic E-state index is 0.310. The molecule has 0 aliphatic rings. The molecule has 3 aromatic carbocycles. The molecule has 0 aliphatic heterocycles. The Morgan fingerprint density at radius 3 is 2.47 bits per heavy atom. The zero-order valence-corrected chi connectivity index (χ0v) is 19.5. The number of halogens is 3. The Morgan fingerprint density at radius 2 is 1.78 bits per heavy atom. The highest BCUT2D eigenvalue weighted by molar-refractivity contribution is 7.80. The third kappa shape index (κ3) is 6.79. The average molecular weight is 513 g/mol. The predicted octanol–water partition coefficient (Wildman–Crippen LogP) is 5.16. The fourth-order valence-corrected chi connectivity index (χ4v) is 3.23. The summed E-state index contributed by atoms with van der Waals surface area (Å²) in [5.41, 5.74) is 5.63. The van der Waals surface area contributed by atoms with E-state index in [4.69, 9.17) is 17.0 Å². The van der Waals surface area contributed by atoms with Crippen LogP contribution in [-0.4, -0.2) is 39.6 Å². The van der Waals surface area contributed by atoms with Crippen LogP contribution in [0.25, 0.3) is 17.1 Å².